The van der Waals surface area contributed by atoms with Gasteiger partial charge in [-0.2, -0.15) is 0 Å². The number of hydrogen-bond acceptors (Lipinski definition) is 3. The fourth-order valence-corrected chi connectivity index (χ4v) is 3.34. The largest absolute Gasteiger partial charge is 0.486 e. The van der Waals surface area contributed by atoms with Crippen molar-refractivity contribution in [3.8, 4) is 11.5 Å². The molecule has 0 spiro atoms. The molecule has 1 amide bonds. The van der Waals surface area contributed by atoms with Gasteiger partial charge in [0.1, 0.15) is 24.8 Å². The maximum Gasteiger partial charge on any atom is 0.225 e. The van der Waals surface area contributed by atoms with Crippen molar-refractivity contribution in [2.45, 2.75) is 25.2 Å². The fourth-order valence-electron chi connectivity index (χ4n) is 3.34. The molecule has 0 bridgehead atoms. The number of carbonyl (C=O) groups is 1. The van der Waals surface area contributed by atoms with E-state index in [0.29, 0.717) is 30.6 Å². The van der Waals surface area contributed by atoms with E-state index in [1.165, 1.54) is 6.07 Å². The van der Waals surface area contributed by atoms with Crippen molar-refractivity contribution in [2.75, 3.05) is 18.5 Å². The number of anilines is 1. The molecule has 4 nitrogen and oxygen atoms in total. The summed E-state index contributed by atoms with van der Waals surface area (Å²) in [4.78, 5) is 12.4. The predicted octanol–water partition coefficient (Wildman–Crippen LogP) is 4.26. The van der Waals surface area contributed by atoms with Gasteiger partial charge in [0.2, 0.25) is 5.91 Å². The van der Waals surface area contributed by atoms with Crippen LogP contribution in [0.1, 0.15) is 30.7 Å². The van der Waals surface area contributed by atoms with Gasteiger partial charge in [-0.15, -0.1) is 0 Å². The summed E-state index contributed by atoms with van der Waals surface area (Å²) in [7, 11) is 0. The smallest absolute Gasteiger partial charge is 0.225 e. The number of nitrogens with one attached hydrogen (secondary N) is 1. The molecule has 4 rings (SSSR count). The Kier molecular flexibility index (Phi) is 4.49. The third kappa shape index (κ3) is 3.64. The highest BCUT2D eigenvalue weighted by Gasteiger charge is 2.34. The Balaban J connectivity index is 1.49. The van der Waals surface area contributed by atoms with E-state index in [1.54, 1.807) is 0 Å². The molecule has 0 radical (unpaired) electrons. The van der Waals surface area contributed by atoms with Crippen molar-refractivity contribution < 1.29 is 23.0 Å². The van der Waals surface area contributed by atoms with Gasteiger partial charge < -0.3 is 14.8 Å². The molecule has 1 N–H and O–H groups in total. The molecule has 1 aliphatic carbocycles. The Morgan fingerprint density at radius 1 is 1.08 bits per heavy atom. The zero-order valence-electron chi connectivity index (χ0n) is 14.1. The first-order valence-corrected chi connectivity index (χ1v) is 8.74. The zero-order valence-corrected chi connectivity index (χ0v) is 14.1. The lowest BCUT2D eigenvalue weighted by Crippen LogP contribution is -2.18. The fraction of sp³-hybridized carbons (Fsp3) is 0.350. The summed E-state index contributed by atoms with van der Waals surface area (Å²) in [6, 6.07) is 8.88. The zero-order chi connectivity index (χ0) is 18.1. The molecule has 2 aliphatic rings. The monoisotopic (exact) mass is 359 g/mol. The second kappa shape index (κ2) is 6.94. The first kappa shape index (κ1) is 16.8. The molecule has 136 valence electrons. The van der Waals surface area contributed by atoms with Gasteiger partial charge in [0.15, 0.2) is 11.5 Å². The summed E-state index contributed by atoms with van der Waals surface area (Å²) in [5.74, 6) is 0.142. The number of amides is 1. The molecule has 0 saturated heterocycles. The Morgan fingerprint density at radius 3 is 2.58 bits per heavy atom. The maximum absolute atomic E-state index is 13.7. The molecule has 2 aromatic carbocycles. The molecule has 1 heterocycles. The Hall–Kier alpha value is -2.63. The van der Waals surface area contributed by atoms with E-state index in [4.69, 9.17) is 9.47 Å². The Labute approximate surface area is 150 Å². The van der Waals surface area contributed by atoms with Crippen molar-refractivity contribution in [3.63, 3.8) is 0 Å². The summed E-state index contributed by atoms with van der Waals surface area (Å²) < 4.78 is 37.9. The minimum atomic E-state index is -0.777. The highest BCUT2D eigenvalue weighted by molar-refractivity contribution is 5.91. The number of ether oxygens (including phenoxy) is 2. The quantitative estimate of drug-likeness (QED) is 0.868. The van der Waals surface area contributed by atoms with E-state index >= 15 is 0 Å². The predicted molar refractivity (Wildman–Crippen MR) is 92.5 cm³/mol. The van der Waals surface area contributed by atoms with Gasteiger partial charge in [0.25, 0.3) is 0 Å². The van der Waals surface area contributed by atoms with Crippen molar-refractivity contribution in [3.05, 3.63) is 53.6 Å². The van der Waals surface area contributed by atoms with Crippen LogP contribution in [0.25, 0.3) is 0 Å². The third-order valence-corrected chi connectivity index (χ3v) is 4.80. The maximum atomic E-state index is 13.7. The van der Waals surface area contributed by atoms with E-state index in [0.717, 1.165) is 30.5 Å². The van der Waals surface area contributed by atoms with Crippen LogP contribution in [0.3, 0.4) is 0 Å². The van der Waals surface area contributed by atoms with Crippen LogP contribution in [0.5, 0.6) is 11.5 Å². The first-order valence-electron chi connectivity index (χ1n) is 8.74. The highest BCUT2D eigenvalue weighted by atomic mass is 19.1. The molecule has 6 heteroatoms. The van der Waals surface area contributed by atoms with Crippen molar-refractivity contribution in [1.29, 1.82) is 0 Å². The van der Waals surface area contributed by atoms with E-state index < -0.39 is 11.6 Å². The standard InChI is InChI=1S/C20H19F2NO3/c21-14-4-5-17(16(22)10-14)23-20(24)11-15(12-1-2-12)13-3-6-18-19(9-13)26-8-7-25-18/h3-6,9-10,12,15H,1-2,7-8,11H2,(H,23,24). The first-order chi connectivity index (χ1) is 12.6. The number of rotatable bonds is 5. The summed E-state index contributed by atoms with van der Waals surface area (Å²) in [5, 5.41) is 2.55. The van der Waals surface area contributed by atoms with Crippen LogP contribution in [0.15, 0.2) is 36.4 Å². The molecule has 1 saturated carbocycles. The molecule has 1 atom stereocenters. The van der Waals surface area contributed by atoms with Crippen LogP contribution in [0.4, 0.5) is 14.5 Å². The number of halogens is 2. The van der Waals surface area contributed by atoms with Crippen LogP contribution in [-0.4, -0.2) is 19.1 Å². The molecule has 1 unspecified atom stereocenters. The van der Waals surface area contributed by atoms with Crippen LogP contribution in [0.2, 0.25) is 0 Å². The average Bonchev–Trinajstić information content (AvgIpc) is 3.47. The van der Waals surface area contributed by atoms with Crippen molar-refractivity contribution in [2.24, 2.45) is 5.92 Å². The van der Waals surface area contributed by atoms with Gasteiger partial charge >= 0.3 is 0 Å². The number of benzene rings is 2. The average molecular weight is 359 g/mol. The van der Waals surface area contributed by atoms with Crippen LogP contribution < -0.4 is 14.8 Å². The molecular formula is C20H19F2NO3. The molecule has 1 fully saturated rings. The van der Waals surface area contributed by atoms with Crippen molar-refractivity contribution in [1.82, 2.24) is 0 Å². The number of fused-ring (bicyclic) bond motifs is 1. The van der Waals surface area contributed by atoms with E-state index in [2.05, 4.69) is 5.32 Å². The lowest BCUT2D eigenvalue weighted by atomic mass is 9.90. The van der Waals surface area contributed by atoms with Gasteiger partial charge in [-0.05, 0) is 54.5 Å². The summed E-state index contributed by atoms with van der Waals surface area (Å²) in [5.41, 5.74) is 1.01. The molecule has 26 heavy (non-hydrogen) atoms. The number of hydrogen-bond donors (Lipinski definition) is 1. The molecule has 2 aromatic rings. The van der Waals surface area contributed by atoms with Gasteiger partial charge in [-0.25, -0.2) is 8.78 Å². The lowest BCUT2D eigenvalue weighted by Gasteiger charge is -2.22. The van der Waals surface area contributed by atoms with Crippen LogP contribution in [0, 0.1) is 17.6 Å². The summed E-state index contributed by atoms with van der Waals surface area (Å²) in [6.45, 7) is 1.04. The molecule has 0 aromatic heterocycles. The Morgan fingerprint density at radius 2 is 1.85 bits per heavy atom. The van der Waals surface area contributed by atoms with Gasteiger partial charge in [0.05, 0.1) is 5.69 Å². The summed E-state index contributed by atoms with van der Waals surface area (Å²) in [6.07, 6.45) is 2.37. The minimum absolute atomic E-state index is 0.00637. The molecular weight excluding hydrogens is 340 g/mol. The highest BCUT2D eigenvalue weighted by Crippen LogP contribution is 2.46. The Bertz CT molecular complexity index is 836. The third-order valence-electron chi connectivity index (χ3n) is 4.80. The topological polar surface area (TPSA) is 47.6 Å². The van der Waals surface area contributed by atoms with Gasteiger partial charge in [-0.3, -0.25) is 4.79 Å². The van der Waals surface area contributed by atoms with Crippen molar-refractivity contribution >= 4 is 11.6 Å². The van der Waals surface area contributed by atoms with Gasteiger partial charge in [0, 0.05) is 12.5 Å². The normalized spacial score (nSPS) is 16.8. The van der Waals surface area contributed by atoms with Crippen LogP contribution >= 0.6 is 0 Å². The van der Waals surface area contributed by atoms with Gasteiger partial charge in [-0.1, -0.05) is 6.07 Å². The second-order valence-corrected chi connectivity index (χ2v) is 6.72. The van der Waals surface area contributed by atoms with E-state index in [1.807, 2.05) is 18.2 Å². The van der Waals surface area contributed by atoms with Crippen LogP contribution in [-0.2, 0) is 4.79 Å². The number of carbonyl (C=O) groups excluding carboxylic acids is 1. The lowest BCUT2D eigenvalue weighted by molar-refractivity contribution is -0.116. The molecule has 1 aliphatic heterocycles. The second-order valence-electron chi connectivity index (χ2n) is 6.72. The van der Waals surface area contributed by atoms with E-state index in [-0.39, 0.29) is 23.9 Å². The summed E-state index contributed by atoms with van der Waals surface area (Å²) >= 11 is 0. The van der Waals surface area contributed by atoms with E-state index in [9.17, 15) is 13.6 Å². The minimum Gasteiger partial charge on any atom is -0.486 e. The SMILES string of the molecule is O=C(CC(c1ccc2c(c1)OCCO2)C1CC1)Nc1ccc(F)cc1F.